The van der Waals surface area contributed by atoms with Crippen molar-refractivity contribution in [1.29, 1.82) is 0 Å². The third kappa shape index (κ3) is 4.71. The average Bonchev–Trinajstić information content (AvgIpc) is 2.71. The molecule has 0 aliphatic carbocycles. The van der Waals surface area contributed by atoms with E-state index in [4.69, 9.17) is 9.84 Å². The number of carbonyl (C=O) groups excluding carboxylic acids is 2. The van der Waals surface area contributed by atoms with Gasteiger partial charge in [-0.15, -0.1) is 6.58 Å². The van der Waals surface area contributed by atoms with E-state index in [1.54, 1.807) is 12.1 Å². The molecule has 28 heavy (non-hydrogen) atoms. The number of carbonyl (C=O) groups is 2. The molecule has 1 N–H and O–H groups in total. The summed E-state index contributed by atoms with van der Waals surface area (Å²) in [5.41, 5.74) is 1.92. The zero-order valence-corrected chi connectivity index (χ0v) is 16.9. The maximum atomic E-state index is 13.1. The predicted molar refractivity (Wildman–Crippen MR) is 111 cm³/mol. The fourth-order valence-corrected chi connectivity index (χ4v) is 3.53. The Labute approximate surface area is 167 Å². The normalized spacial score (nSPS) is 16.9. The van der Waals surface area contributed by atoms with Crippen molar-refractivity contribution in [3.8, 4) is 0 Å². The van der Waals surface area contributed by atoms with Crippen LogP contribution in [-0.2, 0) is 9.53 Å². The molecule has 152 valence electrons. The molecule has 0 bridgehead atoms. The fourth-order valence-electron chi connectivity index (χ4n) is 3.53. The van der Waals surface area contributed by atoms with Crippen LogP contribution in [0.4, 0.5) is 0 Å². The van der Waals surface area contributed by atoms with Crippen molar-refractivity contribution in [2.24, 2.45) is 0 Å². The molecule has 0 radical (unpaired) electrons. The smallest absolute Gasteiger partial charge is 0.260 e. The molecule has 1 unspecified atom stereocenters. The molecule has 2 amide bonds. The number of fused-ring (bicyclic) bond motifs is 1. The molecule has 0 saturated heterocycles. The number of ether oxygens (including phenoxy) is 1. The Balaban J connectivity index is 2.38. The Morgan fingerprint density at radius 3 is 2.68 bits per heavy atom. The van der Waals surface area contributed by atoms with Crippen LogP contribution in [-0.4, -0.2) is 41.6 Å². The van der Waals surface area contributed by atoms with E-state index in [9.17, 15) is 9.59 Å². The first-order valence-corrected chi connectivity index (χ1v) is 10.1. The highest BCUT2D eigenvalue weighted by Gasteiger charge is 2.38. The summed E-state index contributed by atoms with van der Waals surface area (Å²) in [4.78, 5) is 27.5. The van der Waals surface area contributed by atoms with Gasteiger partial charge in [0, 0.05) is 30.7 Å². The number of amides is 2. The van der Waals surface area contributed by atoms with Crippen LogP contribution in [0.1, 0.15) is 73.4 Å². The molecular formula is C23H31NO4. The summed E-state index contributed by atoms with van der Waals surface area (Å²) in [6.45, 7) is 8.68. The van der Waals surface area contributed by atoms with Gasteiger partial charge in [-0.3, -0.25) is 14.5 Å². The number of rotatable bonds is 11. The van der Waals surface area contributed by atoms with Crippen LogP contribution < -0.4 is 0 Å². The standard InChI is InChI=1S/C23H31NO4/c1-4-7-8-9-14-24-22(26)17(5-2)21-18(12-10-13-19(21)23(24)27)20(6-3)28-16-11-15-25/h5-6,10,12-13,17,25H,2,4,7-9,11,14-16H2,1,3H3/b20-6+. The highest BCUT2D eigenvalue weighted by Crippen LogP contribution is 2.36. The van der Waals surface area contributed by atoms with E-state index in [2.05, 4.69) is 13.5 Å². The minimum absolute atomic E-state index is 0.0448. The second-order valence-electron chi connectivity index (χ2n) is 6.91. The summed E-state index contributed by atoms with van der Waals surface area (Å²) >= 11 is 0. The van der Waals surface area contributed by atoms with Gasteiger partial charge in [0.2, 0.25) is 5.91 Å². The van der Waals surface area contributed by atoms with Crippen molar-refractivity contribution in [3.63, 3.8) is 0 Å². The van der Waals surface area contributed by atoms with E-state index < -0.39 is 5.92 Å². The highest BCUT2D eigenvalue weighted by molar-refractivity contribution is 6.13. The quantitative estimate of drug-likeness (QED) is 0.267. The van der Waals surface area contributed by atoms with Gasteiger partial charge in [-0.05, 0) is 31.1 Å². The fraction of sp³-hybridized carbons (Fsp3) is 0.478. The first kappa shape index (κ1) is 21.9. The number of aliphatic hydroxyl groups excluding tert-OH is 1. The zero-order chi connectivity index (χ0) is 20.5. The molecule has 5 nitrogen and oxygen atoms in total. The maximum Gasteiger partial charge on any atom is 0.260 e. The molecule has 0 spiro atoms. The average molecular weight is 386 g/mol. The molecule has 1 aliphatic heterocycles. The third-order valence-electron chi connectivity index (χ3n) is 4.98. The van der Waals surface area contributed by atoms with E-state index in [-0.39, 0.29) is 18.4 Å². The summed E-state index contributed by atoms with van der Waals surface area (Å²) in [6, 6.07) is 5.45. The highest BCUT2D eigenvalue weighted by atomic mass is 16.5. The van der Waals surface area contributed by atoms with Gasteiger partial charge in [-0.2, -0.15) is 0 Å². The van der Waals surface area contributed by atoms with Crippen LogP contribution in [0.3, 0.4) is 0 Å². The van der Waals surface area contributed by atoms with Gasteiger partial charge in [0.05, 0.1) is 12.5 Å². The number of unbranched alkanes of at least 4 members (excludes halogenated alkanes) is 3. The van der Waals surface area contributed by atoms with E-state index in [1.165, 1.54) is 4.90 Å². The lowest BCUT2D eigenvalue weighted by molar-refractivity contribution is -0.129. The number of hydrogen-bond donors (Lipinski definition) is 1. The molecule has 1 aliphatic rings. The predicted octanol–water partition coefficient (Wildman–Crippen LogP) is 4.28. The molecule has 1 aromatic rings. The molecule has 1 aromatic carbocycles. The third-order valence-corrected chi connectivity index (χ3v) is 4.98. The molecule has 2 rings (SSSR count). The van der Waals surface area contributed by atoms with E-state index in [0.29, 0.717) is 36.5 Å². The molecule has 1 heterocycles. The second kappa shape index (κ2) is 10.8. The van der Waals surface area contributed by atoms with Crippen molar-refractivity contribution in [2.75, 3.05) is 19.8 Å². The topological polar surface area (TPSA) is 66.8 Å². The monoisotopic (exact) mass is 385 g/mol. The molecule has 5 heteroatoms. The van der Waals surface area contributed by atoms with E-state index >= 15 is 0 Å². The van der Waals surface area contributed by atoms with Crippen molar-refractivity contribution < 1.29 is 19.4 Å². The van der Waals surface area contributed by atoms with Crippen LogP contribution >= 0.6 is 0 Å². The molecular weight excluding hydrogens is 354 g/mol. The van der Waals surface area contributed by atoms with Gasteiger partial charge in [0.15, 0.2) is 0 Å². The van der Waals surface area contributed by atoms with Gasteiger partial charge in [-0.25, -0.2) is 0 Å². The summed E-state index contributed by atoms with van der Waals surface area (Å²) in [6.07, 6.45) is 7.95. The Hall–Kier alpha value is -2.40. The van der Waals surface area contributed by atoms with Crippen LogP contribution in [0.5, 0.6) is 0 Å². The number of benzene rings is 1. The minimum atomic E-state index is -0.577. The lowest BCUT2D eigenvalue weighted by Crippen LogP contribution is -2.45. The summed E-state index contributed by atoms with van der Waals surface area (Å²) in [7, 11) is 0. The number of hydrogen-bond acceptors (Lipinski definition) is 4. The van der Waals surface area contributed by atoms with Crippen LogP contribution in [0.2, 0.25) is 0 Å². The largest absolute Gasteiger partial charge is 0.493 e. The first-order chi connectivity index (χ1) is 13.6. The summed E-state index contributed by atoms with van der Waals surface area (Å²) in [5.74, 6) is -0.440. The van der Waals surface area contributed by atoms with Gasteiger partial charge >= 0.3 is 0 Å². The Morgan fingerprint density at radius 1 is 1.25 bits per heavy atom. The van der Waals surface area contributed by atoms with E-state index in [1.807, 2.05) is 25.1 Å². The zero-order valence-electron chi connectivity index (χ0n) is 16.9. The van der Waals surface area contributed by atoms with Crippen LogP contribution in [0.15, 0.2) is 36.9 Å². The van der Waals surface area contributed by atoms with Crippen molar-refractivity contribution in [2.45, 2.75) is 51.9 Å². The Morgan fingerprint density at radius 2 is 2.04 bits per heavy atom. The molecule has 1 atom stereocenters. The molecule has 0 fully saturated rings. The number of aliphatic hydroxyl groups is 1. The Bertz CT molecular complexity index is 738. The van der Waals surface area contributed by atoms with Crippen molar-refractivity contribution in [3.05, 3.63) is 53.6 Å². The van der Waals surface area contributed by atoms with Gasteiger partial charge < -0.3 is 9.84 Å². The number of nitrogens with zero attached hydrogens (tertiary/aromatic N) is 1. The van der Waals surface area contributed by atoms with Crippen molar-refractivity contribution in [1.82, 2.24) is 4.90 Å². The lowest BCUT2D eigenvalue weighted by Gasteiger charge is -2.33. The maximum absolute atomic E-state index is 13.1. The van der Waals surface area contributed by atoms with Gasteiger partial charge in [0.1, 0.15) is 5.76 Å². The summed E-state index contributed by atoms with van der Waals surface area (Å²) < 4.78 is 5.80. The van der Waals surface area contributed by atoms with Crippen molar-refractivity contribution >= 4 is 17.6 Å². The Kier molecular flexibility index (Phi) is 8.45. The molecule has 0 aromatic heterocycles. The number of imide groups is 1. The van der Waals surface area contributed by atoms with E-state index in [0.717, 1.165) is 31.2 Å². The van der Waals surface area contributed by atoms with Gasteiger partial charge in [-0.1, -0.05) is 44.4 Å². The minimum Gasteiger partial charge on any atom is -0.493 e. The van der Waals surface area contributed by atoms with Gasteiger partial charge in [0.25, 0.3) is 5.91 Å². The van der Waals surface area contributed by atoms with Crippen LogP contribution in [0.25, 0.3) is 5.76 Å². The second-order valence-corrected chi connectivity index (χ2v) is 6.91. The van der Waals surface area contributed by atoms with Crippen LogP contribution in [0, 0.1) is 0 Å². The number of allylic oxidation sites excluding steroid dienone is 1. The summed E-state index contributed by atoms with van der Waals surface area (Å²) in [5, 5.41) is 8.99. The first-order valence-electron chi connectivity index (χ1n) is 10.1. The SMILES string of the molecule is C=CC1C(=O)N(CCCCCC)C(=O)c2cccc(/C(=C\C)OCCCO)c21. The lowest BCUT2D eigenvalue weighted by atomic mass is 9.84. The molecule has 0 saturated carbocycles.